The minimum atomic E-state index is -1.23. The SMILES string of the molecule is CCCCCNC(=O)C(c1ccccc1)N(CC)C(=O)C(CO)NC(=O)OC(C)(C)C. The predicted octanol–water partition coefficient (Wildman–Crippen LogP) is 2.77. The van der Waals surface area contributed by atoms with Gasteiger partial charge in [0.05, 0.1) is 6.61 Å². The van der Waals surface area contributed by atoms with E-state index in [9.17, 15) is 19.5 Å². The second-order valence-corrected chi connectivity index (χ2v) is 8.32. The molecule has 0 fully saturated rings. The summed E-state index contributed by atoms with van der Waals surface area (Å²) in [5.41, 5.74) is -0.0950. The molecule has 1 aromatic carbocycles. The topological polar surface area (TPSA) is 108 Å². The van der Waals surface area contributed by atoms with Crippen molar-refractivity contribution in [1.29, 1.82) is 0 Å². The number of hydrogen-bond acceptors (Lipinski definition) is 5. The van der Waals surface area contributed by atoms with Crippen molar-refractivity contribution in [3.63, 3.8) is 0 Å². The summed E-state index contributed by atoms with van der Waals surface area (Å²) in [7, 11) is 0. The Morgan fingerprint density at radius 1 is 1.10 bits per heavy atom. The van der Waals surface area contributed by atoms with Crippen LogP contribution in [0.25, 0.3) is 0 Å². The van der Waals surface area contributed by atoms with E-state index in [-0.39, 0.29) is 12.5 Å². The minimum absolute atomic E-state index is 0.216. The number of rotatable bonds is 11. The van der Waals surface area contributed by atoms with Crippen molar-refractivity contribution < 1.29 is 24.2 Å². The number of likely N-dealkylation sites (N-methyl/N-ethyl adjacent to an activating group) is 1. The van der Waals surface area contributed by atoms with Gasteiger partial charge in [-0.2, -0.15) is 0 Å². The van der Waals surface area contributed by atoms with Crippen LogP contribution >= 0.6 is 0 Å². The Bertz CT molecular complexity index is 703. The van der Waals surface area contributed by atoms with Gasteiger partial charge in [-0.3, -0.25) is 9.59 Å². The first-order valence-electron chi connectivity index (χ1n) is 10.9. The lowest BCUT2D eigenvalue weighted by Gasteiger charge is -2.33. The summed E-state index contributed by atoms with van der Waals surface area (Å²) < 4.78 is 5.19. The van der Waals surface area contributed by atoms with E-state index < -0.39 is 36.3 Å². The maximum absolute atomic E-state index is 13.2. The van der Waals surface area contributed by atoms with Gasteiger partial charge in [0, 0.05) is 13.1 Å². The van der Waals surface area contributed by atoms with Crippen molar-refractivity contribution in [3.05, 3.63) is 35.9 Å². The fourth-order valence-corrected chi connectivity index (χ4v) is 3.09. The molecule has 31 heavy (non-hydrogen) atoms. The summed E-state index contributed by atoms with van der Waals surface area (Å²) in [6, 6.07) is 6.88. The van der Waals surface area contributed by atoms with Gasteiger partial charge in [-0.15, -0.1) is 0 Å². The smallest absolute Gasteiger partial charge is 0.408 e. The van der Waals surface area contributed by atoms with Gasteiger partial charge in [0.2, 0.25) is 11.8 Å². The highest BCUT2D eigenvalue weighted by molar-refractivity contribution is 5.92. The molecule has 8 heteroatoms. The molecule has 0 aliphatic carbocycles. The van der Waals surface area contributed by atoms with Crippen LogP contribution in [0.1, 0.15) is 65.5 Å². The number of hydrogen-bond donors (Lipinski definition) is 3. The standard InChI is InChI=1S/C23H37N3O5/c1-6-8-12-15-24-20(28)19(17-13-10-9-11-14-17)26(7-2)21(29)18(16-27)25-22(30)31-23(3,4)5/h9-11,13-14,18-19,27H,6-8,12,15-16H2,1-5H3,(H,24,28)(H,25,30). The Balaban J connectivity index is 3.08. The third-order valence-electron chi connectivity index (χ3n) is 4.55. The Morgan fingerprint density at radius 3 is 2.26 bits per heavy atom. The number of carbonyl (C=O) groups excluding carboxylic acids is 3. The van der Waals surface area contributed by atoms with Gasteiger partial charge in [-0.25, -0.2) is 4.79 Å². The first-order chi connectivity index (χ1) is 14.6. The van der Waals surface area contributed by atoms with Crippen LogP contribution in [-0.2, 0) is 14.3 Å². The third-order valence-corrected chi connectivity index (χ3v) is 4.55. The quantitative estimate of drug-likeness (QED) is 0.463. The Labute approximate surface area is 185 Å². The maximum Gasteiger partial charge on any atom is 0.408 e. The number of aliphatic hydroxyl groups excluding tert-OH is 1. The van der Waals surface area contributed by atoms with E-state index in [1.54, 1.807) is 52.0 Å². The highest BCUT2D eigenvalue weighted by Crippen LogP contribution is 2.22. The fourth-order valence-electron chi connectivity index (χ4n) is 3.09. The van der Waals surface area contributed by atoms with E-state index in [0.29, 0.717) is 12.1 Å². The molecule has 0 radical (unpaired) electrons. The summed E-state index contributed by atoms with van der Waals surface area (Å²) in [4.78, 5) is 39.8. The molecule has 0 spiro atoms. The molecule has 3 N–H and O–H groups in total. The van der Waals surface area contributed by atoms with Gasteiger partial charge in [0.1, 0.15) is 17.7 Å². The lowest BCUT2D eigenvalue weighted by atomic mass is 10.0. The van der Waals surface area contributed by atoms with Crippen molar-refractivity contribution in [2.24, 2.45) is 0 Å². The zero-order valence-electron chi connectivity index (χ0n) is 19.3. The van der Waals surface area contributed by atoms with E-state index in [1.807, 2.05) is 6.07 Å². The van der Waals surface area contributed by atoms with Gasteiger partial charge in [-0.05, 0) is 39.7 Å². The molecule has 2 atom stereocenters. The van der Waals surface area contributed by atoms with Gasteiger partial charge in [0.25, 0.3) is 0 Å². The van der Waals surface area contributed by atoms with Crippen molar-refractivity contribution in [2.45, 2.75) is 71.6 Å². The van der Waals surface area contributed by atoms with E-state index in [1.165, 1.54) is 4.90 Å². The number of carbonyl (C=O) groups is 3. The number of amides is 3. The Morgan fingerprint density at radius 2 is 1.74 bits per heavy atom. The Kier molecular flexibility index (Phi) is 11.0. The first-order valence-corrected chi connectivity index (χ1v) is 10.9. The summed E-state index contributed by atoms with van der Waals surface area (Å²) in [5.74, 6) is -0.861. The summed E-state index contributed by atoms with van der Waals surface area (Å²) in [6.45, 7) is 9.06. The number of unbranched alkanes of at least 4 members (excludes halogenated alkanes) is 2. The molecule has 0 bridgehead atoms. The van der Waals surface area contributed by atoms with Crippen LogP contribution in [0.2, 0.25) is 0 Å². The molecule has 0 heterocycles. The molecule has 0 saturated heterocycles. The van der Waals surface area contributed by atoms with Crippen LogP contribution in [-0.4, -0.2) is 59.3 Å². The monoisotopic (exact) mass is 435 g/mol. The van der Waals surface area contributed by atoms with Gasteiger partial charge in [0.15, 0.2) is 0 Å². The zero-order valence-corrected chi connectivity index (χ0v) is 19.3. The molecular weight excluding hydrogens is 398 g/mol. The normalized spacial score (nSPS) is 13.1. The fraction of sp³-hybridized carbons (Fsp3) is 0.609. The summed E-state index contributed by atoms with van der Waals surface area (Å²) in [5, 5.41) is 15.1. The van der Waals surface area contributed by atoms with Gasteiger partial charge >= 0.3 is 6.09 Å². The van der Waals surface area contributed by atoms with Gasteiger partial charge < -0.3 is 25.4 Å². The highest BCUT2D eigenvalue weighted by Gasteiger charge is 2.35. The number of benzene rings is 1. The molecule has 174 valence electrons. The molecule has 2 unspecified atom stereocenters. The first kappa shape index (κ1) is 26.4. The third kappa shape index (κ3) is 8.96. The van der Waals surface area contributed by atoms with Crippen LogP contribution in [0.5, 0.6) is 0 Å². The molecule has 8 nitrogen and oxygen atoms in total. The van der Waals surface area contributed by atoms with Crippen LogP contribution < -0.4 is 10.6 Å². The van der Waals surface area contributed by atoms with Crippen molar-refractivity contribution >= 4 is 17.9 Å². The number of nitrogens with one attached hydrogen (secondary N) is 2. The zero-order chi connectivity index (χ0) is 23.4. The van der Waals surface area contributed by atoms with Crippen molar-refractivity contribution in [1.82, 2.24) is 15.5 Å². The van der Waals surface area contributed by atoms with Crippen LogP contribution in [0, 0.1) is 0 Å². The maximum atomic E-state index is 13.2. The number of nitrogens with zero attached hydrogens (tertiary/aromatic N) is 1. The highest BCUT2D eigenvalue weighted by atomic mass is 16.6. The molecule has 0 saturated carbocycles. The van der Waals surface area contributed by atoms with E-state index in [4.69, 9.17) is 4.74 Å². The van der Waals surface area contributed by atoms with Crippen LogP contribution in [0.15, 0.2) is 30.3 Å². The molecule has 3 amide bonds. The molecular formula is C23H37N3O5. The largest absolute Gasteiger partial charge is 0.444 e. The lowest BCUT2D eigenvalue weighted by molar-refractivity contribution is -0.143. The molecule has 1 aromatic rings. The second-order valence-electron chi connectivity index (χ2n) is 8.32. The van der Waals surface area contributed by atoms with E-state index in [0.717, 1.165) is 19.3 Å². The van der Waals surface area contributed by atoms with E-state index >= 15 is 0 Å². The second kappa shape index (κ2) is 12.9. The molecule has 1 rings (SSSR count). The minimum Gasteiger partial charge on any atom is -0.444 e. The number of alkyl carbamates (subject to hydrolysis) is 1. The van der Waals surface area contributed by atoms with E-state index in [2.05, 4.69) is 17.6 Å². The molecule has 0 aliphatic heterocycles. The van der Waals surface area contributed by atoms with Crippen LogP contribution in [0.4, 0.5) is 4.79 Å². The molecule has 0 aromatic heterocycles. The summed E-state index contributed by atoms with van der Waals surface area (Å²) in [6.07, 6.45) is 2.07. The van der Waals surface area contributed by atoms with Gasteiger partial charge in [-0.1, -0.05) is 50.1 Å². The Hall–Kier alpha value is -2.61. The predicted molar refractivity (Wildman–Crippen MR) is 119 cm³/mol. The lowest BCUT2D eigenvalue weighted by Crippen LogP contribution is -2.54. The van der Waals surface area contributed by atoms with Crippen molar-refractivity contribution in [3.8, 4) is 0 Å². The molecule has 0 aliphatic rings. The van der Waals surface area contributed by atoms with Crippen molar-refractivity contribution in [2.75, 3.05) is 19.7 Å². The average Bonchev–Trinajstić information content (AvgIpc) is 2.72. The number of ether oxygens (including phenoxy) is 1. The van der Waals surface area contributed by atoms with Crippen LogP contribution in [0.3, 0.4) is 0 Å². The average molecular weight is 436 g/mol. The number of aliphatic hydroxyl groups is 1. The summed E-state index contributed by atoms with van der Waals surface area (Å²) >= 11 is 0.